The van der Waals surface area contributed by atoms with Gasteiger partial charge in [-0.1, -0.05) is 24.3 Å². The van der Waals surface area contributed by atoms with Crippen LogP contribution in [0.5, 0.6) is 17.2 Å². The maximum absolute atomic E-state index is 11.6. The number of hydrogen-bond acceptors (Lipinski definition) is 4. The number of rotatable bonds is 4. The molecule has 2 rings (SSSR count). The van der Waals surface area contributed by atoms with E-state index >= 15 is 0 Å². The fraction of sp³-hybridized carbons (Fsp3) is 0.133. The number of methoxy groups -OCH3 is 2. The van der Waals surface area contributed by atoms with Gasteiger partial charge in [-0.25, -0.2) is 4.79 Å². The van der Waals surface area contributed by atoms with Gasteiger partial charge in [-0.3, -0.25) is 0 Å². The Kier molecular flexibility index (Phi) is 4.03. The lowest BCUT2D eigenvalue weighted by Crippen LogP contribution is -2.03. The van der Waals surface area contributed by atoms with E-state index < -0.39 is 5.97 Å². The van der Waals surface area contributed by atoms with Crippen molar-refractivity contribution >= 4 is 5.97 Å². The molecule has 0 saturated heterocycles. The third-order valence-electron chi connectivity index (χ3n) is 2.58. The zero-order valence-corrected chi connectivity index (χ0v) is 10.8. The summed E-state index contributed by atoms with van der Waals surface area (Å²) in [6, 6.07) is 14.1. The summed E-state index contributed by atoms with van der Waals surface area (Å²) < 4.78 is 15.7. The normalized spacial score (nSPS) is 9.79. The SMILES string of the molecule is COC(=O)c1ccccc1Oc1ccccc1OC. The van der Waals surface area contributed by atoms with E-state index in [1.807, 2.05) is 12.1 Å². The molecule has 0 radical (unpaired) electrons. The molecule has 0 spiro atoms. The quantitative estimate of drug-likeness (QED) is 0.789. The highest BCUT2D eigenvalue weighted by Gasteiger charge is 2.14. The molecule has 4 heteroatoms. The highest BCUT2D eigenvalue weighted by atomic mass is 16.5. The van der Waals surface area contributed by atoms with Crippen LogP contribution >= 0.6 is 0 Å². The Morgan fingerprint density at radius 3 is 2.05 bits per heavy atom. The van der Waals surface area contributed by atoms with Crippen molar-refractivity contribution in [2.45, 2.75) is 0 Å². The molecule has 0 bridgehead atoms. The smallest absolute Gasteiger partial charge is 0.341 e. The molecule has 0 aliphatic heterocycles. The maximum Gasteiger partial charge on any atom is 0.341 e. The van der Waals surface area contributed by atoms with E-state index in [0.717, 1.165) is 0 Å². The average molecular weight is 258 g/mol. The first kappa shape index (κ1) is 13.0. The molecule has 0 aliphatic rings. The molecular formula is C15H14O4. The second-order valence-electron chi connectivity index (χ2n) is 3.74. The predicted molar refractivity (Wildman–Crippen MR) is 70.8 cm³/mol. The Bertz CT molecular complexity index is 578. The zero-order valence-electron chi connectivity index (χ0n) is 10.8. The molecule has 2 aromatic rings. The summed E-state index contributed by atoms with van der Waals surface area (Å²) in [5.41, 5.74) is 0.371. The number of carbonyl (C=O) groups is 1. The number of para-hydroxylation sites is 3. The van der Waals surface area contributed by atoms with Crippen LogP contribution in [0.3, 0.4) is 0 Å². The lowest BCUT2D eigenvalue weighted by molar-refractivity contribution is 0.0598. The monoisotopic (exact) mass is 258 g/mol. The van der Waals surface area contributed by atoms with Gasteiger partial charge >= 0.3 is 5.97 Å². The Morgan fingerprint density at radius 1 is 0.842 bits per heavy atom. The van der Waals surface area contributed by atoms with Crippen molar-refractivity contribution in [2.75, 3.05) is 14.2 Å². The van der Waals surface area contributed by atoms with Crippen molar-refractivity contribution in [1.29, 1.82) is 0 Å². The summed E-state index contributed by atoms with van der Waals surface area (Å²) in [5, 5.41) is 0. The molecule has 0 atom stereocenters. The minimum atomic E-state index is -0.439. The molecule has 0 fully saturated rings. The van der Waals surface area contributed by atoms with Crippen LogP contribution in [0, 0.1) is 0 Å². The van der Waals surface area contributed by atoms with Gasteiger partial charge in [-0.15, -0.1) is 0 Å². The Hall–Kier alpha value is -2.49. The second-order valence-corrected chi connectivity index (χ2v) is 3.74. The minimum Gasteiger partial charge on any atom is -0.493 e. The molecule has 2 aromatic carbocycles. The Balaban J connectivity index is 2.36. The van der Waals surface area contributed by atoms with E-state index in [0.29, 0.717) is 22.8 Å². The van der Waals surface area contributed by atoms with Crippen LogP contribution in [0.15, 0.2) is 48.5 Å². The second kappa shape index (κ2) is 5.91. The van der Waals surface area contributed by atoms with Gasteiger partial charge in [0.2, 0.25) is 0 Å². The van der Waals surface area contributed by atoms with Gasteiger partial charge in [0, 0.05) is 0 Å². The molecule has 98 valence electrons. The van der Waals surface area contributed by atoms with E-state index in [4.69, 9.17) is 14.2 Å². The largest absolute Gasteiger partial charge is 0.493 e. The number of benzene rings is 2. The van der Waals surface area contributed by atoms with Crippen molar-refractivity contribution in [2.24, 2.45) is 0 Å². The lowest BCUT2D eigenvalue weighted by Gasteiger charge is -2.12. The van der Waals surface area contributed by atoms with Crippen molar-refractivity contribution in [3.8, 4) is 17.2 Å². The topological polar surface area (TPSA) is 44.8 Å². The van der Waals surface area contributed by atoms with E-state index in [2.05, 4.69) is 0 Å². The highest BCUT2D eigenvalue weighted by Crippen LogP contribution is 2.32. The van der Waals surface area contributed by atoms with Crippen LogP contribution in [-0.4, -0.2) is 20.2 Å². The number of esters is 1. The first-order valence-electron chi connectivity index (χ1n) is 5.74. The third-order valence-corrected chi connectivity index (χ3v) is 2.58. The summed E-state index contributed by atoms with van der Waals surface area (Å²) in [6.45, 7) is 0. The van der Waals surface area contributed by atoms with E-state index in [1.54, 1.807) is 43.5 Å². The van der Waals surface area contributed by atoms with Gasteiger partial charge in [-0.2, -0.15) is 0 Å². The molecular weight excluding hydrogens is 244 g/mol. The lowest BCUT2D eigenvalue weighted by atomic mass is 10.2. The molecule has 0 aromatic heterocycles. The van der Waals surface area contributed by atoms with Crippen LogP contribution < -0.4 is 9.47 Å². The van der Waals surface area contributed by atoms with Crippen molar-refractivity contribution in [3.05, 3.63) is 54.1 Å². The molecule has 0 amide bonds. The standard InChI is InChI=1S/C15H14O4/c1-17-13-9-5-6-10-14(13)19-12-8-4-3-7-11(12)15(16)18-2/h3-10H,1-2H3. The van der Waals surface area contributed by atoms with Crippen molar-refractivity contribution in [3.63, 3.8) is 0 Å². The fourth-order valence-electron chi connectivity index (χ4n) is 1.66. The van der Waals surface area contributed by atoms with Gasteiger partial charge in [-0.05, 0) is 24.3 Å². The van der Waals surface area contributed by atoms with E-state index in [9.17, 15) is 4.79 Å². The molecule has 0 saturated carbocycles. The van der Waals surface area contributed by atoms with Crippen molar-refractivity contribution < 1.29 is 19.0 Å². The van der Waals surface area contributed by atoms with Gasteiger partial charge < -0.3 is 14.2 Å². The molecule has 0 aliphatic carbocycles. The summed E-state index contributed by atoms with van der Waals surface area (Å²) in [6.07, 6.45) is 0. The van der Waals surface area contributed by atoms with Gasteiger partial charge in [0.15, 0.2) is 11.5 Å². The summed E-state index contributed by atoms with van der Waals surface area (Å²) in [7, 11) is 2.90. The van der Waals surface area contributed by atoms with Crippen LogP contribution in [0.4, 0.5) is 0 Å². The Labute approximate surface area is 111 Å². The van der Waals surface area contributed by atoms with Gasteiger partial charge in [0.25, 0.3) is 0 Å². The van der Waals surface area contributed by atoms with Crippen molar-refractivity contribution in [1.82, 2.24) is 0 Å². The van der Waals surface area contributed by atoms with Crippen LogP contribution in [-0.2, 0) is 4.74 Å². The number of hydrogen-bond donors (Lipinski definition) is 0. The molecule has 0 N–H and O–H groups in total. The van der Waals surface area contributed by atoms with E-state index in [1.165, 1.54) is 7.11 Å². The zero-order chi connectivity index (χ0) is 13.7. The minimum absolute atomic E-state index is 0.371. The Morgan fingerprint density at radius 2 is 1.42 bits per heavy atom. The third kappa shape index (κ3) is 2.85. The molecule has 0 heterocycles. The van der Waals surface area contributed by atoms with Crippen LogP contribution in [0.2, 0.25) is 0 Å². The summed E-state index contributed by atoms with van der Waals surface area (Å²) >= 11 is 0. The average Bonchev–Trinajstić information content (AvgIpc) is 2.47. The summed E-state index contributed by atoms with van der Waals surface area (Å²) in [4.78, 5) is 11.6. The van der Waals surface area contributed by atoms with Crippen LogP contribution in [0.25, 0.3) is 0 Å². The fourth-order valence-corrected chi connectivity index (χ4v) is 1.66. The highest BCUT2D eigenvalue weighted by molar-refractivity contribution is 5.92. The van der Waals surface area contributed by atoms with Gasteiger partial charge in [0.1, 0.15) is 11.3 Å². The van der Waals surface area contributed by atoms with Crippen LogP contribution in [0.1, 0.15) is 10.4 Å². The van der Waals surface area contributed by atoms with Gasteiger partial charge in [0.05, 0.1) is 14.2 Å². The molecule has 0 unspecified atom stereocenters. The molecule has 19 heavy (non-hydrogen) atoms. The number of carbonyl (C=O) groups excluding carboxylic acids is 1. The number of ether oxygens (including phenoxy) is 3. The molecule has 4 nitrogen and oxygen atoms in total. The summed E-state index contributed by atoms with van der Waals surface area (Å²) in [5.74, 6) is 1.13. The first-order valence-corrected chi connectivity index (χ1v) is 5.74. The van der Waals surface area contributed by atoms with E-state index in [-0.39, 0.29) is 0 Å². The predicted octanol–water partition coefficient (Wildman–Crippen LogP) is 3.27. The first-order chi connectivity index (χ1) is 9.26. The maximum atomic E-state index is 11.6.